The Balaban J connectivity index is 2.45. The van der Waals surface area contributed by atoms with Gasteiger partial charge in [0, 0.05) is 29.9 Å². The number of aromatic nitrogens is 4. The molecular formula is C9H8N4O2S2. The molecule has 0 fully saturated rings. The molecule has 8 heteroatoms. The normalized spacial score (nSPS) is 10.4. The van der Waals surface area contributed by atoms with Gasteiger partial charge in [-0.25, -0.2) is 0 Å². The number of hydrogen-bond acceptors (Lipinski definition) is 4. The van der Waals surface area contributed by atoms with Gasteiger partial charge in [0.25, 0.3) is 11.1 Å². The van der Waals surface area contributed by atoms with E-state index in [1.165, 1.54) is 12.4 Å². The summed E-state index contributed by atoms with van der Waals surface area (Å²) in [4.78, 5) is 33.4. The lowest BCUT2D eigenvalue weighted by Gasteiger charge is -1.99. The van der Waals surface area contributed by atoms with Crippen molar-refractivity contribution in [2.24, 2.45) is 0 Å². The predicted molar refractivity (Wildman–Crippen MR) is 67.3 cm³/mol. The lowest BCUT2D eigenvalue weighted by atomic mass is 10.1. The van der Waals surface area contributed by atoms with Crippen LogP contribution in [-0.2, 0) is 6.42 Å². The van der Waals surface area contributed by atoms with E-state index in [0.717, 1.165) is 0 Å². The summed E-state index contributed by atoms with van der Waals surface area (Å²) in [6, 6.07) is 0. The summed E-state index contributed by atoms with van der Waals surface area (Å²) in [5.74, 6) is 0. The molecule has 0 bridgehead atoms. The van der Waals surface area contributed by atoms with Gasteiger partial charge in [0.05, 0.1) is 0 Å². The van der Waals surface area contributed by atoms with Crippen molar-refractivity contribution in [3.8, 4) is 0 Å². The highest BCUT2D eigenvalue weighted by Crippen LogP contribution is 1.97. The van der Waals surface area contributed by atoms with Gasteiger partial charge in [0.1, 0.15) is 0 Å². The van der Waals surface area contributed by atoms with Gasteiger partial charge in [0.2, 0.25) is 0 Å². The Hall–Kier alpha value is -1.80. The summed E-state index contributed by atoms with van der Waals surface area (Å²) in [6.07, 6.45) is 3.17. The molecule has 0 saturated heterocycles. The zero-order valence-corrected chi connectivity index (χ0v) is 10.1. The molecule has 0 aliphatic rings. The molecule has 2 rings (SSSR count). The summed E-state index contributed by atoms with van der Waals surface area (Å²) in [5, 5.41) is 0. The van der Waals surface area contributed by atoms with Gasteiger partial charge in [0.15, 0.2) is 9.54 Å². The molecule has 2 heterocycles. The van der Waals surface area contributed by atoms with Gasteiger partial charge < -0.3 is 9.97 Å². The first kappa shape index (κ1) is 11.7. The fourth-order valence-corrected chi connectivity index (χ4v) is 1.65. The van der Waals surface area contributed by atoms with Crippen LogP contribution in [0.4, 0.5) is 0 Å². The van der Waals surface area contributed by atoms with Crippen LogP contribution < -0.4 is 11.1 Å². The molecular weight excluding hydrogens is 260 g/mol. The lowest BCUT2D eigenvalue weighted by molar-refractivity contribution is 0.965. The zero-order valence-electron chi connectivity index (χ0n) is 8.49. The average molecular weight is 268 g/mol. The number of aromatic amines is 4. The van der Waals surface area contributed by atoms with Crippen molar-refractivity contribution in [2.45, 2.75) is 6.42 Å². The van der Waals surface area contributed by atoms with Crippen LogP contribution in [0.15, 0.2) is 22.0 Å². The predicted octanol–water partition coefficient (Wildman–Crippen LogP) is 0.769. The minimum absolute atomic E-state index is 0.197. The Labute approximate surface area is 105 Å². The number of hydrogen-bond donors (Lipinski definition) is 4. The first-order chi connectivity index (χ1) is 8.06. The lowest BCUT2D eigenvalue weighted by Crippen LogP contribution is -2.19. The summed E-state index contributed by atoms with van der Waals surface area (Å²) >= 11 is 9.54. The van der Waals surface area contributed by atoms with Gasteiger partial charge in [-0.3, -0.25) is 19.6 Å². The molecule has 0 atom stereocenters. The Bertz CT molecular complexity index is 702. The highest BCUT2D eigenvalue weighted by molar-refractivity contribution is 7.71. The Morgan fingerprint density at radius 2 is 1.29 bits per heavy atom. The third-order valence-corrected chi connectivity index (χ3v) is 2.61. The van der Waals surface area contributed by atoms with Crippen LogP contribution in [0.3, 0.4) is 0 Å². The van der Waals surface area contributed by atoms with Crippen LogP contribution >= 0.6 is 24.4 Å². The highest BCUT2D eigenvalue weighted by atomic mass is 32.1. The van der Waals surface area contributed by atoms with E-state index in [0.29, 0.717) is 11.1 Å². The van der Waals surface area contributed by atoms with Crippen molar-refractivity contribution in [3.05, 3.63) is 53.8 Å². The Morgan fingerprint density at radius 1 is 0.882 bits per heavy atom. The standard InChI is InChI=1S/C9H8N4O2S2/c14-6-4(2-10-8(16)12-6)1-5-3-11-9(17)13-7(5)15/h2-3H,1H2,(H2,10,12,14,16)(H2,11,13,15,17). The summed E-state index contributed by atoms with van der Waals surface area (Å²) in [7, 11) is 0. The molecule has 0 saturated carbocycles. The zero-order chi connectivity index (χ0) is 12.4. The minimum atomic E-state index is -0.310. The van der Waals surface area contributed by atoms with Gasteiger partial charge in [-0.05, 0) is 24.4 Å². The SMILES string of the molecule is O=c1[nH]c(=S)[nH]cc1Cc1c[nH]c(=S)[nH]c1=O. The molecule has 0 aliphatic carbocycles. The summed E-state index contributed by atoms with van der Waals surface area (Å²) < 4.78 is 0.500. The first-order valence-electron chi connectivity index (χ1n) is 4.68. The van der Waals surface area contributed by atoms with Crippen molar-refractivity contribution in [1.29, 1.82) is 0 Å². The van der Waals surface area contributed by atoms with E-state index in [9.17, 15) is 9.59 Å². The largest absolute Gasteiger partial charge is 0.338 e. The van der Waals surface area contributed by atoms with Crippen molar-refractivity contribution in [2.75, 3.05) is 0 Å². The Kier molecular flexibility index (Phi) is 3.16. The van der Waals surface area contributed by atoms with Crippen LogP contribution in [0.1, 0.15) is 11.1 Å². The van der Waals surface area contributed by atoms with Gasteiger partial charge in [-0.15, -0.1) is 0 Å². The van der Waals surface area contributed by atoms with Crippen molar-refractivity contribution < 1.29 is 0 Å². The van der Waals surface area contributed by atoms with Crippen molar-refractivity contribution >= 4 is 24.4 Å². The monoisotopic (exact) mass is 268 g/mol. The highest BCUT2D eigenvalue weighted by Gasteiger charge is 2.04. The van der Waals surface area contributed by atoms with Crippen molar-refractivity contribution in [3.63, 3.8) is 0 Å². The Morgan fingerprint density at radius 3 is 1.65 bits per heavy atom. The van der Waals surface area contributed by atoms with Gasteiger partial charge in [-0.2, -0.15) is 0 Å². The minimum Gasteiger partial charge on any atom is -0.338 e. The first-order valence-corrected chi connectivity index (χ1v) is 5.49. The molecule has 2 aromatic rings. The van der Waals surface area contributed by atoms with Crippen LogP contribution in [0.2, 0.25) is 0 Å². The number of nitrogens with one attached hydrogen (secondary N) is 4. The van der Waals surface area contributed by atoms with Crippen molar-refractivity contribution in [1.82, 2.24) is 19.9 Å². The maximum absolute atomic E-state index is 11.5. The molecule has 0 amide bonds. The van der Waals surface area contributed by atoms with Gasteiger partial charge >= 0.3 is 0 Å². The van der Waals surface area contributed by atoms with E-state index >= 15 is 0 Å². The topological polar surface area (TPSA) is 97.3 Å². The molecule has 88 valence electrons. The van der Waals surface area contributed by atoms with Gasteiger partial charge in [-0.1, -0.05) is 0 Å². The summed E-state index contributed by atoms with van der Waals surface area (Å²) in [5.41, 5.74) is 0.232. The van der Waals surface area contributed by atoms with E-state index in [1.54, 1.807) is 0 Å². The number of H-pyrrole nitrogens is 4. The molecule has 2 aromatic heterocycles. The fraction of sp³-hybridized carbons (Fsp3) is 0.111. The average Bonchev–Trinajstić information content (AvgIpc) is 2.25. The van der Waals surface area contributed by atoms with Crippen LogP contribution in [0.5, 0.6) is 0 Å². The third-order valence-electron chi connectivity index (χ3n) is 2.17. The second-order valence-electron chi connectivity index (χ2n) is 3.37. The fourth-order valence-electron chi connectivity index (χ4n) is 1.34. The van der Waals surface area contributed by atoms with E-state index in [1.807, 2.05) is 0 Å². The smallest absolute Gasteiger partial charge is 0.255 e. The second-order valence-corrected chi connectivity index (χ2v) is 4.19. The van der Waals surface area contributed by atoms with Crippen LogP contribution in [-0.4, -0.2) is 19.9 Å². The second kappa shape index (κ2) is 4.60. The van der Waals surface area contributed by atoms with E-state index in [-0.39, 0.29) is 27.1 Å². The number of rotatable bonds is 2. The maximum atomic E-state index is 11.5. The van der Waals surface area contributed by atoms with E-state index in [2.05, 4.69) is 19.9 Å². The molecule has 0 aliphatic heterocycles. The third kappa shape index (κ3) is 2.66. The van der Waals surface area contributed by atoms with Crippen LogP contribution in [0, 0.1) is 9.54 Å². The molecule has 0 spiro atoms. The molecule has 0 radical (unpaired) electrons. The maximum Gasteiger partial charge on any atom is 0.255 e. The molecule has 0 aromatic carbocycles. The van der Waals surface area contributed by atoms with Crippen LogP contribution in [0.25, 0.3) is 0 Å². The molecule has 4 N–H and O–H groups in total. The molecule has 6 nitrogen and oxygen atoms in total. The van der Waals surface area contributed by atoms with E-state index < -0.39 is 0 Å². The quantitative estimate of drug-likeness (QED) is 0.605. The molecule has 17 heavy (non-hydrogen) atoms. The van der Waals surface area contributed by atoms with E-state index in [4.69, 9.17) is 24.4 Å². The summed E-state index contributed by atoms with van der Waals surface area (Å²) in [6.45, 7) is 0. The molecule has 0 unspecified atom stereocenters.